The molecule has 1 unspecified atom stereocenters. The van der Waals surface area contributed by atoms with E-state index in [0.717, 1.165) is 24.8 Å². The van der Waals surface area contributed by atoms with E-state index in [1.54, 1.807) is 18.2 Å². The lowest BCUT2D eigenvalue weighted by Crippen LogP contribution is -2.47. The van der Waals surface area contributed by atoms with E-state index in [1.165, 1.54) is 0 Å². The molecule has 0 radical (unpaired) electrons. The van der Waals surface area contributed by atoms with Gasteiger partial charge in [-0.15, -0.1) is 0 Å². The van der Waals surface area contributed by atoms with Crippen molar-refractivity contribution in [1.82, 2.24) is 4.90 Å². The zero-order chi connectivity index (χ0) is 15.9. The molecule has 1 aliphatic heterocycles. The summed E-state index contributed by atoms with van der Waals surface area (Å²) >= 11 is 0. The number of carbonyl (C=O) groups excluding carboxylic acids is 1. The molecule has 1 aromatic carbocycles. The maximum absolute atomic E-state index is 12.8. The number of carbonyl (C=O) groups is 2. The SMILES string of the molecule is CC1CN(C(=O)C2(C)CCC2)Cc2ccc(C(=O)O)cc2O1. The van der Waals surface area contributed by atoms with Gasteiger partial charge >= 0.3 is 5.97 Å². The summed E-state index contributed by atoms with van der Waals surface area (Å²) in [5, 5.41) is 9.09. The Morgan fingerprint density at radius 1 is 1.36 bits per heavy atom. The number of carboxylic acids is 1. The number of ether oxygens (including phenoxy) is 1. The minimum atomic E-state index is -0.974. The van der Waals surface area contributed by atoms with Gasteiger partial charge < -0.3 is 14.7 Å². The molecular weight excluding hydrogens is 282 g/mol. The van der Waals surface area contributed by atoms with Gasteiger partial charge in [-0.2, -0.15) is 0 Å². The van der Waals surface area contributed by atoms with Gasteiger partial charge in [-0.05, 0) is 31.9 Å². The van der Waals surface area contributed by atoms with E-state index in [-0.39, 0.29) is 23.0 Å². The first kappa shape index (κ1) is 14.9. The summed E-state index contributed by atoms with van der Waals surface area (Å²) in [7, 11) is 0. The van der Waals surface area contributed by atoms with Crippen molar-refractivity contribution in [3.8, 4) is 5.75 Å². The average molecular weight is 303 g/mol. The minimum absolute atomic E-state index is 0.155. The predicted octanol–water partition coefficient (Wildman–Crippen LogP) is 2.68. The van der Waals surface area contributed by atoms with E-state index in [9.17, 15) is 9.59 Å². The second-order valence-electron chi connectivity index (χ2n) is 6.66. The fourth-order valence-electron chi connectivity index (χ4n) is 3.22. The van der Waals surface area contributed by atoms with Crippen LogP contribution in [-0.2, 0) is 11.3 Å². The zero-order valence-electron chi connectivity index (χ0n) is 13.0. The molecule has 0 bridgehead atoms. The van der Waals surface area contributed by atoms with Crippen molar-refractivity contribution in [2.75, 3.05) is 6.54 Å². The lowest BCUT2D eigenvalue weighted by Gasteiger charge is -2.40. The lowest BCUT2D eigenvalue weighted by atomic mass is 9.69. The van der Waals surface area contributed by atoms with Gasteiger partial charge in [0.25, 0.3) is 0 Å². The van der Waals surface area contributed by atoms with Crippen molar-refractivity contribution < 1.29 is 19.4 Å². The Morgan fingerprint density at radius 3 is 2.68 bits per heavy atom. The summed E-state index contributed by atoms with van der Waals surface area (Å²) in [5.41, 5.74) is 0.841. The van der Waals surface area contributed by atoms with Gasteiger partial charge in [0.2, 0.25) is 5.91 Å². The normalized spacial score (nSPS) is 22.8. The fraction of sp³-hybridized carbons (Fsp3) is 0.529. The van der Waals surface area contributed by atoms with Crippen LogP contribution in [0.1, 0.15) is 49.0 Å². The Kier molecular flexibility index (Phi) is 3.59. The van der Waals surface area contributed by atoms with E-state index in [4.69, 9.17) is 9.84 Å². The number of amides is 1. The summed E-state index contributed by atoms with van der Waals surface area (Å²) in [6.07, 6.45) is 2.85. The van der Waals surface area contributed by atoms with Crippen molar-refractivity contribution in [1.29, 1.82) is 0 Å². The topological polar surface area (TPSA) is 66.8 Å². The van der Waals surface area contributed by atoms with E-state index < -0.39 is 5.97 Å². The Hall–Kier alpha value is -2.04. The standard InChI is InChI=1S/C17H21NO4/c1-11-9-18(16(21)17(2)6-3-7-17)10-13-5-4-12(15(19)20)8-14(13)22-11/h4-5,8,11H,3,6-7,9-10H2,1-2H3,(H,19,20). The van der Waals surface area contributed by atoms with Gasteiger partial charge in [0.15, 0.2) is 0 Å². The summed E-state index contributed by atoms with van der Waals surface area (Å²) < 4.78 is 5.84. The molecule has 0 aromatic heterocycles. The third-order valence-electron chi connectivity index (χ3n) is 4.74. The van der Waals surface area contributed by atoms with Gasteiger partial charge in [-0.25, -0.2) is 4.79 Å². The molecule has 3 rings (SSSR count). The quantitative estimate of drug-likeness (QED) is 0.912. The highest BCUT2D eigenvalue weighted by molar-refractivity contribution is 5.88. The van der Waals surface area contributed by atoms with Crippen LogP contribution in [0.5, 0.6) is 5.75 Å². The van der Waals surface area contributed by atoms with Gasteiger partial charge in [0, 0.05) is 17.5 Å². The molecule has 1 aromatic rings. The molecule has 2 aliphatic rings. The predicted molar refractivity (Wildman–Crippen MR) is 80.9 cm³/mol. The summed E-state index contributed by atoms with van der Waals surface area (Å²) in [6, 6.07) is 4.86. The number of fused-ring (bicyclic) bond motifs is 1. The highest BCUT2D eigenvalue weighted by Crippen LogP contribution is 2.42. The van der Waals surface area contributed by atoms with E-state index in [1.807, 2.05) is 18.7 Å². The number of carboxylic acid groups (broad SMARTS) is 1. The Morgan fingerprint density at radius 2 is 2.09 bits per heavy atom. The molecule has 1 atom stereocenters. The molecular formula is C17H21NO4. The van der Waals surface area contributed by atoms with Crippen LogP contribution >= 0.6 is 0 Å². The zero-order valence-corrected chi connectivity index (χ0v) is 13.0. The number of aromatic carboxylic acids is 1. The largest absolute Gasteiger partial charge is 0.488 e. The summed E-state index contributed by atoms with van der Waals surface area (Å²) in [4.78, 5) is 25.7. The van der Waals surface area contributed by atoms with Crippen LogP contribution in [0.3, 0.4) is 0 Å². The van der Waals surface area contributed by atoms with Crippen LogP contribution < -0.4 is 4.74 Å². The van der Waals surface area contributed by atoms with Crippen LogP contribution in [0.4, 0.5) is 0 Å². The van der Waals surface area contributed by atoms with Crippen LogP contribution in [0.25, 0.3) is 0 Å². The van der Waals surface area contributed by atoms with Gasteiger partial charge in [0.05, 0.1) is 12.1 Å². The number of benzene rings is 1. The number of hydrogen-bond acceptors (Lipinski definition) is 3. The van der Waals surface area contributed by atoms with Gasteiger partial charge in [-0.1, -0.05) is 19.4 Å². The Bertz CT molecular complexity index is 621. The third-order valence-corrected chi connectivity index (χ3v) is 4.74. The molecule has 5 nitrogen and oxygen atoms in total. The molecule has 0 saturated heterocycles. The van der Waals surface area contributed by atoms with E-state index in [2.05, 4.69) is 0 Å². The second-order valence-corrected chi connectivity index (χ2v) is 6.66. The first-order chi connectivity index (χ1) is 10.4. The highest BCUT2D eigenvalue weighted by Gasteiger charge is 2.42. The molecule has 118 valence electrons. The van der Waals surface area contributed by atoms with Crippen LogP contribution in [0.15, 0.2) is 18.2 Å². The number of hydrogen-bond donors (Lipinski definition) is 1. The first-order valence-corrected chi connectivity index (χ1v) is 7.71. The van der Waals surface area contributed by atoms with E-state index in [0.29, 0.717) is 18.8 Å². The number of nitrogens with zero attached hydrogens (tertiary/aromatic N) is 1. The number of rotatable bonds is 2. The summed E-state index contributed by atoms with van der Waals surface area (Å²) in [5.74, 6) is -0.218. The molecule has 1 amide bonds. The second kappa shape index (κ2) is 5.30. The molecule has 1 heterocycles. The molecule has 0 spiro atoms. The molecule has 1 saturated carbocycles. The van der Waals surface area contributed by atoms with Crippen LogP contribution in [-0.4, -0.2) is 34.5 Å². The van der Waals surface area contributed by atoms with Crippen molar-refractivity contribution in [2.45, 2.75) is 45.8 Å². The minimum Gasteiger partial charge on any atom is -0.488 e. The van der Waals surface area contributed by atoms with Crippen molar-refractivity contribution >= 4 is 11.9 Å². The Balaban J connectivity index is 1.88. The van der Waals surface area contributed by atoms with Crippen LogP contribution in [0, 0.1) is 5.41 Å². The first-order valence-electron chi connectivity index (χ1n) is 7.71. The fourth-order valence-corrected chi connectivity index (χ4v) is 3.22. The maximum atomic E-state index is 12.8. The van der Waals surface area contributed by atoms with Gasteiger partial charge in [-0.3, -0.25) is 4.79 Å². The highest BCUT2D eigenvalue weighted by atomic mass is 16.5. The monoisotopic (exact) mass is 303 g/mol. The molecule has 1 N–H and O–H groups in total. The van der Waals surface area contributed by atoms with Crippen molar-refractivity contribution in [3.05, 3.63) is 29.3 Å². The smallest absolute Gasteiger partial charge is 0.335 e. The maximum Gasteiger partial charge on any atom is 0.335 e. The Labute approximate surface area is 129 Å². The van der Waals surface area contributed by atoms with Crippen LogP contribution in [0.2, 0.25) is 0 Å². The summed E-state index contributed by atoms with van der Waals surface area (Å²) in [6.45, 7) is 4.95. The average Bonchev–Trinajstić information content (AvgIpc) is 2.60. The molecule has 5 heteroatoms. The van der Waals surface area contributed by atoms with Crippen molar-refractivity contribution in [2.24, 2.45) is 5.41 Å². The third kappa shape index (κ3) is 2.56. The van der Waals surface area contributed by atoms with Crippen molar-refractivity contribution in [3.63, 3.8) is 0 Å². The van der Waals surface area contributed by atoms with Gasteiger partial charge in [0.1, 0.15) is 11.9 Å². The molecule has 22 heavy (non-hydrogen) atoms. The molecule has 1 fully saturated rings. The lowest BCUT2D eigenvalue weighted by molar-refractivity contribution is -0.147. The molecule has 1 aliphatic carbocycles. The van der Waals surface area contributed by atoms with E-state index >= 15 is 0 Å².